The lowest BCUT2D eigenvalue weighted by atomic mass is 10.1. The van der Waals surface area contributed by atoms with E-state index in [1.165, 1.54) is 12.1 Å². The van der Waals surface area contributed by atoms with Crippen LogP contribution in [0.2, 0.25) is 0 Å². The summed E-state index contributed by atoms with van der Waals surface area (Å²) in [6.45, 7) is 7.02. The second-order valence-electron chi connectivity index (χ2n) is 2.68. The van der Waals surface area contributed by atoms with Crippen LogP contribution in [-0.2, 0) is 10.1 Å². The molecule has 0 unspecified atom stereocenters. The number of halogens is 1. The summed E-state index contributed by atoms with van der Waals surface area (Å²) in [5.74, 6) is 0. The van der Waals surface area contributed by atoms with Crippen molar-refractivity contribution in [2.45, 2.75) is 4.90 Å². The van der Waals surface area contributed by atoms with Crippen molar-refractivity contribution in [3.8, 4) is 0 Å². The molecular weight excluding hydrogens is 236 g/mol. The molecule has 0 atom stereocenters. The molecule has 0 aliphatic carbocycles. The van der Waals surface area contributed by atoms with Gasteiger partial charge in [0.2, 0.25) is 0 Å². The predicted octanol–water partition coefficient (Wildman–Crippen LogP) is 2.64. The Labute approximate surface area is 95.3 Å². The molecule has 0 aliphatic heterocycles. The molecule has 0 spiro atoms. The van der Waals surface area contributed by atoms with Crippen molar-refractivity contribution in [3.63, 3.8) is 0 Å². The van der Waals surface area contributed by atoms with Crippen molar-refractivity contribution < 1.29 is 13.0 Å². The fourth-order valence-electron chi connectivity index (χ4n) is 1.09. The Bertz CT molecular complexity index is 477. The van der Waals surface area contributed by atoms with E-state index in [1.807, 2.05) is 0 Å². The Kier molecular flexibility index (Phi) is 4.74. The fraction of sp³-hybridized carbons (Fsp3) is 0. The zero-order chi connectivity index (χ0) is 10.8. The smallest absolute Gasteiger partial charge is 0.282 e. The molecule has 0 heterocycles. The maximum Gasteiger partial charge on any atom is 0.295 e. The molecule has 0 aromatic heterocycles. The molecule has 0 bridgehead atoms. The molecule has 0 radical (unpaired) electrons. The van der Waals surface area contributed by atoms with Gasteiger partial charge in [-0.3, -0.25) is 4.55 Å². The highest BCUT2D eigenvalue weighted by Crippen LogP contribution is 2.18. The highest BCUT2D eigenvalue weighted by Gasteiger charge is 2.13. The Morgan fingerprint density at radius 1 is 1.20 bits per heavy atom. The van der Waals surface area contributed by atoms with Gasteiger partial charge in [-0.05, 0) is 23.3 Å². The van der Waals surface area contributed by atoms with Gasteiger partial charge in [-0.1, -0.05) is 31.4 Å². The highest BCUT2D eigenvalue weighted by molar-refractivity contribution is 7.85. The lowest BCUT2D eigenvalue weighted by Crippen LogP contribution is -2.00. The first-order chi connectivity index (χ1) is 6.49. The van der Waals surface area contributed by atoms with Crippen LogP contribution in [0.15, 0.2) is 36.3 Å². The first kappa shape index (κ1) is 13.9. The molecule has 1 aromatic carbocycles. The second-order valence-corrected chi connectivity index (χ2v) is 4.07. The molecule has 0 saturated heterocycles. The van der Waals surface area contributed by atoms with E-state index < -0.39 is 10.1 Å². The van der Waals surface area contributed by atoms with Crippen LogP contribution in [0.1, 0.15) is 11.1 Å². The van der Waals surface area contributed by atoms with Crippen LogP contribution in [0.4, 0.5) is 0 Å². The molecule has 1 N–H and O–H groups in total. The third-order valence-electron chi connectivity index (χ3n) is 1.77. The molecule has 0 saturated carbocycles. The van der Waals surface area contributed by atoms with E-state index in [0.29, 0.717) is 5.56 Å². The van der Waals surface area contributed by atoms with Crippen LogP contribution in [0.25, 0.3) is 12.2 Å². The van der Waals surface area contributed by atoms with Gasteiger partial charge in [0.15, 0.2) is 0 Å². The minimum absolute atomic E-state index is 0. The summed E-state index contributed by atoms with van der Waals surface area (Å²) in [7, 11) is -4.18. The highest BCUT2D eigenvalue weighted by atomic mass is 35.5. The van der Waals surface area contributed by atoms with E-state index in [2.05, 4.69) is 13.2 Å². The van der Waals surface area contributed by atoms with Gasteiger partial charge in [0.05, 0.1) is 0 Å². The first-order valence-corrected chi connectivity index (χ1v) is 5.29. The third-order valence-corrected chi connectivity index (χ3v) is 2.69. The fourth-order valence-corrected chi connectivity index (χ4v) is 1.77. The standard InChI is InChI=1S/C10H10O3S.ClH/c1-3-8-5-6-10(14(11,12)13)9(4-2)7-8;/h3-7H,1-2H2,(H,11,12,13);1H. The van der Waals surface area contributed by atoms with E-state index in [-0.39, 0.29) is 17.3 Å². The molecule has 5 heteroatoms. The van der Waals surface area contributed by atoms with Gasteiger partial charge in [0.25, 0.3) is 10.1 Å². The van der Waals surface area contributed by atoms with E-state index >= 15 is 0 Å². The van der Waals surface area contributed by atoms with Gasteiger partial charge in [-0.25, -0.2) is 0 Å². The lowest BCUT2D eigenvalue weighted by Gasteiger charge is -2.03. The van der Waals surface area contributed by atoms with Gasteiger partial charge in [-0.15, -0.1) is 12.4 Å². The van der Waals surface area contributed by atoms with Crippen molar-refractivity contribution in [2.24, 2.45) is 0 Å². The number of benzene rings is 1. The molecule has 1 rings (SSSR count). The summed E-state index contributed by atoms with van der Waals surface area (Å²) in [6, 6.07) is 4.47. The average molecular weight is 247 g/mol. The van der Waals surface area contributed by atoms with Crippen LogP contribution in [-0.4, -0.2) is 13.0 Å². The monoisotopic (exact) mass is 246 g/mol. The quantitative estimate of drug-likeness (QED) is 0.835. The van der Waals surface area contributed by atoms with E-state index in [4.69, 9.17) is 4.55 Å². The third kappa shape index (κ3) is 3.20. The van der Waals surface area contributed by atoms with Crippen LogP contribution in [0.5, 0.6) is 0 Å². The van der Waals surface area contributed by atoms with Crippen molar-refractivity contribution in [1.82, 2.24) is 0 Å². The van der Waals surface area contributed by atoms with Gasteiger partial charge in [0.1, 0.15) is 4.90 Å². The number of hydrogen-bond donors (Lipinski definition) is 1. The Hall–Kier alpha value is -1.10. The zero-order valence-electron chi connectivity index (χ0n) is 7.88. The van der Waals surface area contributed by atoms with Crippen LogP contribution in [0, 0.1) is 0 Å². The predicted molar refractivity (Wildman–Crippen MR) is 63.7 cm³/mol. The van der Waals surface area contributed by atoms with Gasteiger partial charge >= 0.3 is 0 Å². The maximum absolute atomic E-state index is 10.9. The molecule has 1 aromatic rings. The Morgan fingerprint density at radius 2 is 1.80 bits per heavy atom. The van der Waals surface area contributed by atoms with Crippen LogP contribution >= 0.6 is 12.4 Å². The Morgan fingerprint density at radius 3 is 2.20 bits per heavy atom. The summed E-state index contributed by atoms with van der Waals surface area (Å²) in [5, 5.41) is 0. The van der Waals surface area contributed by atoms with Crippen LogP contribution in [0.3, 0.4) is 0 Å². The number of rotatable bonds is 3. The lowest BCUT2D eigenvalue weighted by molar-refractivity contribution is 0.483. The maximum atomic E-state index is 10.9. The largest absolute Gasteiger partial charge is 0.295 e. The molecule has 15 heavy (non-hydrogen) atoms. The molecule has 82 valence electrons. The van der Waals surface area contributed by atoms with E-state index in [9.17, 15) is 8.42 Å². The summed E-state index contributed by atoms with van der Waals surface area (Å²) >= 11 is 0. The van der Waals surface area contributed by atoms with Gasteiger partial charge in [-0.2, -0.15) is 8.42 Å². The molecular formula is C10H11ClO3S. The van der Waals surface area contributed by atoms with Crippen molar-refractivity contribution in [3.05, 3.63) is 42.5 Å². The molecule has 0 aliphatic rings. The summed E-state index contributed by atoms with van der Waals surface area (Å²) < 4.78 is 30.7. The molecule has 3 nitrogen and oxygen atoms in total. The second kappa shape index (κ2) is 5.11. The van der Waals surface area contributed by atoms with E-state index in [1.54, 1.807) is 18.2 Å². The molecule has 0 fully saturated rings. The topological polar surface area (TPSA) is 54.4 Å². The minimum atomic E-state index is -4.18. The van der Waals surface area contributed by atoms with Gasteiger partial charge in [0, 0.05) is 0 Å². The Balaban J connectivity index is 0.00000196. The zero-order valence-corrected chi connectivity index (χ0v) is 9.51. The molecule has 0 amide bonds. The van der Waals surface area contributed by atoms with Crippen molar-refractivity contribution >= 4 is 34.7 Å². The summed E-state index contributed by atoms with van der Waals surface area (Å²) in [4.78, 5) is -0.141. The van der Waals surface area contributed by atoms with E-state index in [0.717, 1.165) is 5.56 Å². The normalized spacial score (nSPS) is 10.2. The minimum Gasteiger partial charge on any atom is -0.282 e. The van der Waals surface area contributed by atoms with Gasteiger partial charge < -0.3 is 0 Å². The first-order valence-electron chi connectivity index (χ1n) is 3.85. The van der Waals surface area contributed by atoms with Crippen molar-refractivity contribution in [2.75, 3.05) is 0 Å². The summed E-state index contributed by atoms with van der Waals surface area (Å²) in [6.07, 6.45) is 2.96. The SMILES string of the molecule is C=Cc1ccc(S(=O)(=O)O)c(C=C)c1.Cl. The number of hydrogen-bond acceptors (Lipinski definition) is 2. The van der Waals surface area contributed by atoms with Crippen molar-refractivity contribution in [1.29, 1.82) is 0 Å². The summed E-state index contributed by atoms with van der Waals surface area (Å²) in [5.41, 5.74) is 1.14. The van der Waals surface area contributed by atoms with Crippen LogP contribution < -0.4 is 0 Å². The average Bonchev–Trinajstić information content (AvgIpc) is 2.15.